The fraction of sp³-hybridized carbons (Fsp3) is 0.333. The number of nitrogens with one attached hydrogen (secondary N) is 1. The van der Waals surface area contributed by atoms with E-state index in [0.29, 0.717) is 0 Å². The number of halogens is 5. The predicted octanol–water partition coefficient (Wildman–Crippen LogP) is 4.06. The summed E-state index contributed by atoms with van der Waals surface area (Å²) < 4.78 is 53.9. The number of rotatable bonds is 3. The van der Waals surface area contributed by atoms with E-state index in [4.69, 9.17) is 11.6 Å². The molecule has 0 fully saturated rings. The summed E-state index contributed by atoms with van der Waals surface area (Å²) in [5.74, 6) is -1.02. The van der Waals surface area contributed by atoms with E-state index in [2.05, 4.69) is 10.3 Å². The van der Waals surface area contributed by atoms with Gasteiger partial charge in [0.05, 0.1) is 17.4 Å². The van der Waals surface area contributed by atoms with Gasteiger partial charge in [-0.25, -0.2) is 4.39 Å². The summed E-state index contributed by atoms with van der Waals surface area (Å²) in [6.07, 6.45) is -4.42. The number of hydrogen-bond acceptors (Lipinski definition) is 3. The van der Waals surface area contributed by atoms with Crippen molar-refractivity contribution in [1.82, 2.24) is 10.3 Å². The first-order chi connectivity index (χ1) is 12.6. The highest BCUT2D eigenvalue weighted by molar-refractivity contribution is 6.31. The van der Waals surface area contributed by atoms with Crippen LogP contribution in [0.2, 0.25) is 5.02 Å². The van der Waals surface area contributed by atoms with Gasteiger partial charge in [0.1, 0.15) is 0 Å². The maximum atomic E-state index is 15.4. The van der Waals surface area contributed by atoms with Crippen LogP contribution in [0, 0.1) is 0 Å². The third-order valence-electron chi connectivity index (χ3n) is 4.52. The molecule has 3 rings (SSSR count). The number of aliphatic hydroxyl groups excluding tert-OH is 1. The quantitative estimate of drug-likeness (QED) is 0.761. The van der Waals surface area contributed by atoms with Crippen LogP contribution in [0.25, 0.3) is 0 Å². The van der Waals surface area contributed by atoms with Crippen LogP contribution in [0.3, 0.4) is 0 Å². The number of amides is 1. The lowest BCUT2D eigenvalue weighted by Gasteiger charge is -2.32. The van der Waals surface area contributed by atoms with Gasteiger partial charge in [0.2, 0.25) is 5.67 Å². The van der Waals surface area contributed by atoms with E-state index in [1.807, 2.05) is 0 Å². The van der Waals surface area contributed by atoms with Gasteiger partial charge in [0, 0.05) is 23.3 Å². The molecule has 0 saturated carbocycles. The van der Waals surface area contributed by atoms with Crippen LogP contribution in [0.15, 0.2) is 36.5 Å². The highest BCUT2D eigenvalue weighted by Crippen LogP contribution is 2.42. The van der Waals surface area contributed by atoms with E-state index in [0.717, 1.165) is 18.2 Å². The summed E-state index contributed by atoms with van der Waals surface area (Å²) in [6.45, 7) is -0.370. The Morgan fingerprint density at radius 2 is 2.11 bits per heavy atom. The summed E-state index contributed by atoms with van der Waals surface area (Å²) >= 11 is 5.89. The van der Waals surface area contributed by atoms with Crippen LogP contribution < -0.4 is 5.32 Å². The standard InChI is InChI=1S/C18H15ClF4N2O2/c19-13-4-3-11(18(21,22)23)8-10(13)9-25-16(27)17(20)6-5-14(26)15-12(17)2-1-7-24-15/h1-4,7-8,14,26H,5-6,9H2,(H,25,27)/t14-,17-/m0/s1. The van der Waals surface area contributed by atoms with Crippen LogP contribution in [0.5, 0.6) is 0 Å². The number of carbonyl (C=O) groups excluding carboxylic acids is 1. The van der Waals surface area contributed by atoms with Gasteiger partial charge in [0.25, 0.3) is 5.91 Å². The first-order valence-corrected chi connectivity index (χ1v) is 8.47. The Labute approximate surface area is 157 Å². The lowest BCUT2D eigenvalue weighted by molar-refractivity contribution is -0.137. The highest BCUT2D eigenvalue weighted by atomic mass is 35.5. The van der Waals surface area contributed by atoms with Crippen LogP contribution >= 0.6 is 11.6 Å². The summed E-state index contributed by atoms with van der Waals surface area (Å²) in [5.41, 5.74) is -3.29. The summed E-state index contributed by atoms with van der Waals surface area (Å²) in [5, 5.41) is 12.3. The van der Waals surface area contributed by atoms with Crippen LogP contribution in [-0.4, -0.2) is 16.0 Å². The molecule has 1 aliphatic carbocycles. The molecule has 1 aliphatic rings. The average molecular weight is 403 g/mol. The van der Waals surface area contributed by atoms with Crippen LogP contribution in [-0.2, 0) is 23.2 Å². The largest absolute Gasteiger partial charge is 0.416 e. The molecule has 2 N–H and O–H groups in total. The zero-order chi connectivity index (χ0) is 19.8. The van der Waals surface area contributed by atoms with Crippen molar-refractivity contribution in [2.45, 2.75) is 37.3 Å². The van der Waals surface area contributed by atoms with Crippen molar-refractivity contribution >= 4 is 17.5 Å². The minimum absolute atomic E-state index is 0.00174. The van der Waals surface area contributed by atoms with Gasteiger partial charge in [-0.3, -0.25) is 9.78 Å². The molecule has 2 aromatic rings. The van der Waals surface area contributed by atoms with Crippen molar-refractivity contribution in [3.05, 3.63) is 63.9 Å². The topological polar surface area (TPSA) is 62.2 Å². The molecule has 1 aromatic heterocycles. The Hall–Kier alpha value is -2.19. The van der Waals surface area contributed by atoms with E-state index in [1.54, 1.807) is 0 Å². The van der Waals surface area contributed by atoms with Crippen molar-refractivity contribution in [2.24, 2.45) is 0 Å². The number of aliphatic hydroxyl groups is 1. The van der Waals surface area contributed by atoms with E-state index in [9.17, 15) is 23.1 Å². The minimum Gasteiger partial charge on any atom is -0.387 e. The molecule has 0 aliphatic heterocycles. The second kappa shape index (κ2) is 7.09. The summed E-state index contributed by atoms with van der Waals surface area (Å²) in [4.78, 5) is 16.4. The molecule has 0 spiro atoms. The smallest absolute Gasteiger partial charge is 0.387 e. The number of hydrogen-bond donors (Lipinski definition) is 2. The van der Waals surface area contributed by atoms with Crippen molar-refractivity contribution < 1.29 is 27.5 Å². The summed E-state index contributed by atoms with van der Waals surface area (Å²) in [7, 11) is 0. The molecule has 0 unspecified atom stereocenters. The Morgan fingerprint density at radius 1 is 1.37 bits per heavy atom. The second-order valence-corrected chi connectivity index (χ2v) is 6.69. The molecule has 0 bridgehead atoms. The third kappa shape index (κ3) is 3.77. The molecular formula is C18H15ClF4N2O2. The Morgan fingerprint density at radius 3 is 2.81 bits per heavy atom. The second-order valence-electron chi connectivity index (χ2n) is 6.28. The van der Waals surface area contributed by atoms with Gasteiger partial charge in [0.15, 0.2) is 0 Å². The number of aromatic nitrogens is 1. The molecule has 2 atom stereocenters. The molecule has 144 valence electrons. The lowest BCUT2D eigenvalue weighted by atomic mass is 9.81. The van der Waals surface area contributed by atoms with E-state index < -0.39 is 29.4 Å². The normalized spacial score (nSPS) is 22.2. The number of alkyl halides is 4. The highest BCUT2D eigenvalue weighted by Gasteiger charge is 2.46. The fourth-order valence-electron chi connectivity index (χ4n) is 3.06. The van der Waals surface area contributed by atoms with E-state index in [-0.39, 0.29) is 41.2 Å². The van der Waals surface area contributed by atoms with Gasteiger partial charge in [-0.1, -0.05) is 17.7 Å². The zero-order valence-corrected chi connectivity index (χ0v) is 14.6. The van der Waals surface area contributed by atoms with Crippen molar-refractivity contribution in [2.75, 3.05) is 0 Å². The Bertz CT molecular complexity index is 875. The number of nitrogens with zero attached hydrogens (tertiary/aromatic N) is 1. The monoisotopic (exact) mass is 402 g/mol. The van der Waals surface area contributed by atoms with Gasteiger partial charge in [-0.15, -0.1) is 0 Å². The first kappa shape index (κ1) is 19.6. The molecule has 0 saturated heterocycles. The number of fused-ring (bicyclic) bond motifs is 1. The Kier molecular flexibility index (Phi) is 5.14. The lowest BCUT2D eigenvalue weighted by Crippen LogP contribution is -2.44. The minimum atomic E-state index is -4.56. The summed E-state index contributed by atoms with van der Waals surface area (Å²) in [6, 6.07) is 5.53. The van der Waals surface area contributed by atoms with Gasteiger partial charge in [-0.2, -0.15) is 13.2 Å². The van der Waals surface area contributed by atoms with E-state index in [1.165, 1.54) is 18.3 Å². The van der Waals surface area contributed by atoms with Gasteiger partial charge < -0.3 is 10.4 Å². The molecule has 0 radical (unpaired) electrons. The first-order valence-electron chi connectivity index (χ1n) is 8.09. The maximum absolute atomic E-state index is 15.4. The Balaban J connectivity index is 1.82. The number of benzene rings is 1. The number of carbonyl (C=O) groups is 1. The van der Waals surface area contributed by atoms with Crippen molar-refractivity contribution in [3.63, 3.8) is 0 Å². The van der Waals surface area contributed by atoms with Crippen LogP contribution in [0.1, 0.15) is 41.3 Å². The molecule has 9 heteroatoms. The molecule has 1 aromatic carbocycles. The maximum Gasteiger partial charge on any atom is 0.416 e. The fourth-order valence-corrected chi connectivity index (χ4v) is 3.25. The van der Waals surface area contributed by atoms with Crippen LogP contribution in [0.4, 0.5) is 17.6 Å². The average Bonchev–Trinajstić information content (AvgIpc) is 2.63. The van der Waals surface area contributed by atoms with E-state index >= 15 is 4.39 Å². The van der Waals surface area contributed by atoms with Gasteiger partial charge >= 0.3 is 6.18 Å². The molecule has 1 amide bonds. The zero-order valence-electron chi connectivity index (χ0n) is 13.9. The molecule has 27 heavy (non-hydrogen) atoms. The van der Waals surface area contributed by atoms with Crippen molar-refractivity contribution in [1.29, 1.82) is 0 Å². The SMILES string of the molecule is O=C(NCc1cc(C(F)(F)F)ccc1Cl)[C@]1(F)CC[C@H](O)c2ncccc21. The predicted molar refractivity (Wildman–Crippen MR) is 89.5 cm³/mol. The molecule has 4 nitrogen and oxygen atoms in total. The third-order valence-corrected chi connectivity index (χ3v) is 4.88. The number of pyridine rings is 1. The molecular weight excluding hydrogens is 388 g/mol. The molecule has 1 heterocycles. The van der Waals surface area contributed by atoms with Gasteiger partial charge in [-0.05, 0) is 42.7 Å². The van der Waals surface area contributed by atoms with Crippen molar-refractivity contribution in [3.8, 4) is 0 Å².